The maximum Gasteiger partial charge on any atom is 0.247 e. The van der Waals surface area contributed by atoms with Crippen molar-refractivity contribution in [1.29, 1.82) is 0 Å². The van der Waals surface area contributed by atoms with Crippen LogP contribution in [0.1, 0.15) is 32.6 Å². The first-order chi connectivity index (χ1) is 15.0. The second-order valence-electron chi connectivity index (χ2n) is 6.67. The number of rotatable bonds is 5. The molecular weight excluding hydrogens is 480 g/mol. The van der Waals surface area contributed by atoms with Gasteiger partial charge in [-0.3, -0.25) is 9.69 Å². The van der Waals surface area contributed by atoms with Crippen molar-refractivity contribution < 1.29 is 14.3 Å². The Kier molecular flexibility index (Phi) is 6.43. The third-order valence-corrected chi connectivity index (χ3v) is 6.11. The van der Waals surface area contributed by atoms with Crippen molar-refractivity contribution in [3.8, 4) is 22.9 Å². The predicted octanol–water partition coefficient (Wildman–Crippen LogP) is 5.26. The van der Waals surface area contributed by atoms with Gasteiger partial charge in [-0.2, -0.15) is 4.98 Å². The molecule has 0 unspecified atom stereocenters. The first-order valence-electron chi connectivity index (χ1n) is 9.89. The third-order valence-electron chi connectivity index (χ3n) is 4.67. The Morgan fingerprint density at radius 1 is 1.23 bits per heavy atom. The summed E-state index contributed by atoms with van der Waals surface area (Å²) in [7, 11) is 0. The topological polar surface area (TPSA) is 77.4 Å². The van der Waals surface area contributed by atoms with Crippen LogP contribution in [-0.2, 0) is 4.79 Å². The van der Waals surface area contributed by atoms with Crippen LogP contribution in [0.15, 0.2) is 52.1 Å². The van der Waals surface area contributed by atoms with Crippen LogP contribution in [0.2, 0.25) is 0 Å². The highest BCUT2D eigenvalue weighted by atomic mass is 79.9. The van der Waals surface area contributed by atoms with Crippen molar-refractivity contribution in [2.24, 2.45) is 0 Å². The monoisotopic (exact) mass is 500 g/mol. The van der Waals surface area contributed by atoms with E-state index in [0.717, 1.165) is 21.4 Å². The van der Waals surface area contributed by atoms with Crippen molar-refractivity contribution in [1.82, 2.24) is 15.2 Å². The van der Waals surface area contributed by atoms with E-state index < -0.39 is 6.23 Å². The largest absolute Gasteiger partial charge is 0.494 e. The number of benzene rings is 2. The van der Waals surface area contributed by atoms with Crippen LogP contribution in [0.5, 0.6) is 11.6 Å². The highest BCUT2D eigenvalue weighted by Crippen LogP contribution is 2.44. The van der Waals surface area contributed by atoms with Gasteiger partial charge in [0.1, 0.15) is 5.75 Å². The number of thioether (sulfide) groups is 1. The molecule has 0 bridgehead atoms. The van der Waals surface area contributed by atoms with Gasteiger partial charge in [-0.25, -0.2) is 0 Å². The molecule has 9 heteroatoms. The minimum atomic E-state index is -0.772. The van der Waals surface area contributed by atoms with Gasteiger partial charge in [0.2, 0.25) is 23.2 Å². The van der Waals surface area contributed by atoms with E-state index in [1.165, 1.54) is 18.7 Å². The Hall–Kier alpha value is -2.65. The summed E-state index contributed by atoms with van der Waals surface area (Å²) < 4.78 is 12.9. The van der Waals surface area contributed by atoms with Crippen molar-refractivity contribution in [3.05, 3.63) is 52.5 Å². The summed E-state index contributed by atoms with van der Waals surface area (Å²) in [4.78, 5) is 19.1. The molecule has 0 spiro atoms. The van der Waals surface area contributed by atoms with Crippen LogP contribution >= 0.6 is 27.7 Å². The van der Waals surface area contributed by atoms with Crippen LogP contribution in [-0.4, -0.2) is 33.4 Å². The molecule has 7 nitrogen and oxygen atoms in total. The summed E-state index contributed by atoms with van der Waals surface area (Å²) in [5, 5.41) is 9.16. The molecule has 2 aromatic carbocycles. The van der Waals surface area contributed by atoms with Crippen molar-refractivity contribution in [2.75, 3.05) is 17.3 Å². The van der Waals surface area contributed by atoms with Crippen LogP contribution in [0, 0.1) is 0 Å². The number of ether oxygens (including phenoxy) is 2. The molecule has 2 heterocycles. The Bertz CT molecular complexity index is 1130. The molecule has 0 saturated heterocycles. The average Bonchev–Trinajstić information content (AvgIpc) is 2.90. The van der Waals surface area contributed by atoms with Gasteiger partial charge in [0.25, 0.3) is 0 Å². The average molecular weight is 501 g/mol. The number of amides is 1. The molecule has 1 atom stereocenters. The Balaban J connectivity index is 1.94. The molecule has 31 heavy (non-hydrogen) atoms. The van der Waals surface area contributed by atoms with Crippen LogP contribution < -0.4 is 14.4 Å². The molecule has 1 amide bonds. The lowest BCUT2D eigenvalue weighted by molar-refractivity contribution is -0.118. The quantitative estimate of drug-likeness (QED) is 0.442. The van der Waals surface area contributed by atoms with E-state index >= 15 is 0 Å². The smallest absolute Gasteiger partial charge is 0.247 e. The zero-order valence-corrected chi connectivity index (χ0v) is 19.7. The van der Waals surface area contributed by atoms with Crippen molar-refractivity contribution >= 4 is 39.3 Å². The first-order valence-corrected chi connectivity index (χ1v) is 11.7. The molecule has 4 rings (SSSR count). The molecule has 0 fully saturated rings. The minimum absolute atomic E-state index is 0.171. The molecule has 160 valence electrons. The summed E-state index contributed by atoms with van der Waals surface area (Å²) in [6.45, 7) is 5.99. The molecule has 0 N–H and O–H groups in total. The molecule has 1 aliphatic heterocycles. The fraction of sp³-hybridized carbons (Fsp3) is 0.273. The zero-order chi connectivity index (χ0) is 22.0. The maximum absolute atomic E-state index is 12.9. The number of aromatic nitrogens is 3. The Labute approximate surface area is 193 Å². The molecule has 0 radical (unpaired) electrons. The van der Waals surface area contributed by atoms with Crippen molar-refractivity contribution in [2.45, 2.75) is 32.2 Å². The second kappa shape index (κ2) is 9.23. The lowest BCUT2D eigenvalue weighted by atomic mass is 10.1. The summed E-state index contributed by atoms with van der Waals surface area (Å²) in [5.41, 5.74) is 2.66. The number of carbonyl (C=O) groups excluding carboxylic acids is 1. The van der Waals surface area contributed by atoms with Crippen LogP contribution in [0.4, 0.5) is 5.69 Å². The Morgan fingerprint density at radius 3 is 2.77 bits per heavy atom. The van der Waals surface area contributed by atoms with Crippen LogP contribution in [0.25, 0.3) is 11.3 Å². The molecule has 0 aliphatic carbocycles. The summed E-state index contributed by atoms with van der Waals surface area (Å²) >= 11 is 5.09. The lowest BCUT2D eigenvalue weighted by Gasteiger charge is -2.30. The minimum Gasteiger partial charge on any atom is -0.494 e. The molecule has 1 aliphatic rings. The number of nitrogens with zero attached hydrogens (tertiary/aromatic N) is 4. The van der Waals surface area contributed by atoms with Gasteiger partial charge in [0, 0.05) is 22.5 Å². The Morgan fingerprint density at radius 2 is 2.03 bits per heavy atom. The van der Waals surface area contributed by atoms with E-state index in [1.54, 1.807) is 4.90 Å². The molecule has 0 saturated carbocycles. The highest BCUT2D eigenvalue weighted by molar-refractivity contribution is 9.10. The van der Waals surface area contributed by atoms with Gasteiger partial charge in [0.05, 0.1) is 12.3 Å². The van der Waals surface area contributed by atoms with E-state index in [1.807, 2.05) is 56.3 Å². The van der Waals surface area contributed by atoms with E-state index in [-0.39, 0.29) is 5.91 Å². The van der Waals surface area contributed by atoms with E-state index in [2.05, 4.69) is 31.1 Å². The number of anilines is 1. The predicted molar refractivity (Wildman–Crippen MR) is 124 cm³/mol. The third kappa shape index (κ3) is 4.24. The molecule has 3 aromatic rings. The lowest BCUT2D eigenvalue weighted by Crippen LogP contribution is -2.36. The normalized spacial score (nSPS) is 14.8. The summed E-state index contributed by atoms with van der Waals surface area (Å²) in [6, 6.07) is 13.2. The van der Waals surface area contributed by atoms with Gasteiger partial charge in [-0.1, -0.05) is 52.8 Å². The number of halogens is 1. The first kappa shape index (κ1) is 21.6. The number of hydrogen-bond donors (Lipinski definition) is 0. The standard InChI is InChI=1S/C22H21BrN4O3S/c1-4-29-14-10-11-17(23)16(12-14)21-27(13(3)28)18-9-7-6-8-15(18)19-20(30-21)24-22(26-25-19)31-5-2/h6-12,21H,4-5H2,1-3H3/t21-/m0/s1. The van der Waals surface area contributed by atoms with Gasteiger partial charge in [0.15, 0.2) is 5.69 Å². The van der Waals surface area contributed by atoms with E-state index in [0.29, 0.717) is 34.8 Å². The number of carbonyl (C=O) groups is 1. The summed E-state index contributed by atoms with van der Waals surface area (Å²) in [6.07, 6.45) is -0.772. The zero-order valence-electron chi connectivity index (χ0n) is 17.3. The van der Waals surface area contributed by atoms with Gasteiger partial charge in [-0.05, 0) is 36.9 Å². The van der Waals surface area contributed by atoms with Gasteiger partial charge < -0.3 is 9.47 Å². The number of para-hydroxylation sites is 1. The highest BCUT2D eigenvalue weighted by Gasteiger charge is 2.35. The maximum atomic E-state index is 12.9. The second-order valence-corrected chi connectivity index (χ2v) is 8.76. The fourth-order valence-electron chi connectivity index (χ4n) is 3.41. The van der Waals surface area contributed by atoms with E-state index in [9.17, 15) is 4.79 Å². The SMILES string of the molecule is CCOc1ccc(Br)c([C@@H]2Oc3nc(SCC)nnc3-c3ccccc3N2C(C)=O)c1. The number of hydrogen-bond acceptors (Lipinski definition) is 7. The van der Waals surface area contributed by atoms with Gasteiger partial charge >= 0.3 is 0 Å². The fourth-order valence-corrected chi connectivity index (χ4v) is 4.36. The molecule has 1 aromatic heterocycles. The summed E-state index contributed by atoms with van der Waals surface area (Å²) in [5.74, 6) is 1.66. The van der Waals surface area contributed by atoms with Gasteiger partial charge in [-0.15, -0.1) is 10.2 Å². The number of fused-ring (bicyclic) bond motifs is 3. The van der Waals surface area contributed by atoms with E-state index in [4.69, 9.17) is 9.47 Å². The van der Waals surface area contributed by atoms with Crippen LogP contribution in [0.3, 0.4) is 0 Å². The van der Waals surface area contributed by atoms with Crippen molar-refractivity contribution in [3.63, 3.8) is 0 Å². The molecular formula is C22H21BrN4O3S.